The van der Waals surface area contributed by atoms with Crippen LogP contribution in [0.4, 0.5) is 19.3 Å². The van der Waals surface area contributed by atoms with Crippen LogP contribution in [0.15, 0.2) is 17.1 Å². The van der Waals surface area contributed by atoms with Crippen molar-refractivity contribution in [3.05, 3.63) is 29.3 Å². The molecule has 2 aliphatic heterocycles. The quantitative estimate of drug-likeness (QED) is 0.885. The first-order valence-electron chi connectivity index (χ1n) is 8.21. The summed E-state index contributed by atoms with van der Waals surface area (Å²) in [5, 5.41) is 2.66. The van der Waals surface area contributed by atoms with E-state index in [9.17, 15) is 18.4 Å². The summed E-state index contributed by atoms with van der Waals surface area (Å²) in [6.45, 7) is 2.26. The largest absolute Gasteiger partial charge is 0.447 e. The molecule has 1 saturated heterocycles. The maximum absolute atomic E-state index is 14.5. The van der Waals surface area contributed by atoms with E-state index < -0.39 is 23.8 Å². The third-order valence-corrected chi connectivity index (χ3v) is 4.41. The van der Waals surface area contributed by atoms with E-state index in [0.717, 1.165) is 12.1 Å². The van der Waals surface area contributed by atoms with Gasteiger partial charge in [0, 0.05) is 31.0 Å². The van der Waals surface area contributed by atoms with Gasteiger partial charge in [-0.3, -0.25) is 14.7 Å². The Morgan fingerprint density at radius 1 is 1.40 bits per heavy atom. The lowest BCUT2D eigenvalue weighted by atomic mass is 9.96. The fraction of sp³-hybridized carbons (Fsp3) is 0.471. The standard InChI is InChI=1S/C17H19F2N3O3/c1-2-15(23)21-8-12-9-25-17(24)22(12)11-5-13(18)16(14(19)6-11)10-3-4-20-7-10/h4-6,10,12H,2-3,7-9H2,1H3,(H,21,23). The van der Waals surface area contributed by atoms with Crippen LogP contribution in [0, 0.1) is 11.6 Å². The minimum Gasteiger partial charge on any atom is -0.447 e. The predicted octanol–water partition coefficient (Wildman–Crippen LogP) is 2.37. The van der Waals surface area contributed by atoms with Gasteiger partial charge in [-0.15, -0.1) is 0 Å². The monoisotopic (exact) mass is 351 g/mol. The molecule has 2 unspecified atom stereocenters. The summed E-state index contributed by atoms with van der Waals surface area (Å²) in [6.07, 6.45) is 1.77. The molecule has 0 aromatic heterocycles. The van der Waals surface area contributed by atoms with Crippen molar-refractivity contribution in [2.45, 2.75) is 31.7 Å². The number of hydrogen-bond donors (Lipinski definition) is 1. The zero-order valence-corrected chi connectivity index (χ0v) is 13.8. The third-order valence-electron chi connectivity index (χ3n) is 4.41. The second-order valence-corrected chi connectivity index (χ2v) is 6.06. The summed E-state index contributed by atoms with van der Waals surface area (Å²) in [5.74, 6) is -1.91. The number of benzene rings is 1. The van der Waals surface area contributed by atoms with E-state index in [-0.39, 0.29) is 36.2 Å². The van der Waals surface area contributed by atoms with Gasteiger partial charge in [0.2, 0.25) is 5.91 Å². The van der Waals surface area contributed by atoms with Crippen LogP contribution in [-0.4, -0.2) is 44.0 Å². The molecule has 2 amide bonds. The maximum Gasteiger partial charge on any atom is 0.414 e. The van der Waals surface area contributed by atoms with Gasteiger partial charge >= 0.3 is 6.09 Å². The molecule has 2 aliphatic rings. The van der Waals surface area contributed by atoms with Gasteiger partial charge in [0.1, 0.15) is 18.2 Å². The summed E-state index contributed by atoms with van der Waals surface area (Å²) in [5.41, 5.74) is 0.0700. The number of aliphatic imine (C=N–C) groups is 1. The molecule has 0 saturated carbocycles. The molecule has 0 radical (unpaired) electrons. The van der Waals surface area contributed by atoms with Crippen LogP contribution in [0.1, 0.15) is 31.2 Å². The Hall–Kier alpha value is -2.51. The van der Waals surface area contributed by atoms with Crippen LogP contribution in [0.2, 0.25) is 0 Å². The molecule has 2 atom stereocenters. The Morgan fingerprint density at radius 3 is 2.72 bits per heavy atom. The molecule has 0 aliphatic carbocycles. The topological polar surface area (TPSA) is 71.0 Å². The van der Waals surface area contributed by atoms with Crippen molar-refractivity contribution in [1.29, 1.82) is 0 Å². The lowest BCUT2D eigenvalue weighted by Gasteiger charge is -2.23. The van der Waals surface area contributed by atoms with Crippen molar-refractivity contribution in [2.75, 3.05) is 24.6 Å². The van der Waals surface area contributed by atoms with Crippen LogP contribution >= 0.6 is 0 Å². The minimum atomic E-state index is -0.707. The van der Waals surface area contributed by atoms with Gasteiger partial charge in [-0.2, -0.15) is 0 Å². The Balaban J connectivity index is 1.83. The Bertz CT molecular complexity index is 692. The summed E-state index contributed by atoms with van der Waals surface area (Å²) >= 11 is 0. The third kappa shape index (κ3) is 3.47. The fourth-order valence-corrected chi connectivity index (χ4v) is 3.07. The Kier molecular flexibility index (Phi) is 4.96. The smallest absolute Gasteiger partial charge is 0.414 e. The van der Waals surface area contributed by atoms with E-state index in [0.29, 0.717) is 19.4 Å². The van der Waals surface area contributed by atoms with E-state index >= 15 is 0 Å². The number of carbonyl (C=O) groups excluding carboxylic acids is 2. The molecule has 6 nitrogen and oxygen atoms in total. The van der Waals surface area contributed by atoms with Crippen molar-refractivity contribution < 1.29 is 23.1 Å². The molecular weight excluding hydrogens is 332 g/mol. The van der Waals surface area contributed by atoms with Gasteiger partial charge in [0.15, 0.2) is 0 Å². The molecule has 1 fully saturated rings. The van der Waals surface area contributed by atoms with Crippen LogP contribution in [0.25, 0.3) is 0 Å². The normalized spacial score (nSPS) is 22.4. The second kappa shape index (κ2) is 7.16. The second-order valence-electron chi connectivity index (χ2n) is 6.06. The molecule has 2 heterocycles. The molecule has 8 heteroatoms. The number of halogens is 2. The van der Waals surface area contributed by atoms with Crippen LogP contribution < -0.4 is 10.2 Å². The Morgan fingerprint density at radius 2 is 2.12 bits per heavy atom. The van der Waals surface area contributed by atoms with Gasteiger partial charge < -0.3 is 10.1 Å². The number of nitrogens with zero attached hydrogens (tertiary/aromatic N) is 2. The van der Waals surface area contributed by atoms with E-state index in [2.05, 4.69) is 10.3 Å². The molecule has 0 bridgehead atoms. The Labute approximate surface area is 143 Å². The number of amides is 2. The van der Waals surface area contributed by atoms with Crippen molar-refractivity contribution in [2.24, 2.45) is 4.99 Å². The van der Waals surface area contributed by atoms with E-state index in [1.54, 1.807) is 13.1 Å². The summed E-state index contributed by atoms with van der Waals surface area (Å²) < 4.78 is 34.0. The number of ether oxygens (including phenoxy) is 1. The average Bonchev–Trinajstić information content (AvgIpc) is 3.21. The molecule has 134 valence electrons. The zero-order valence-electron chi connectivity index (χ0n) is 13.8. The molecular formula is C17H19F2N3O3. The van der Waals surface area contributed by atoms with Crippen LogP contribution in [0.5, 0.6) is 0 Å². The lowest BCUT2D eigenvalue weighted by Crippen LogP contribution is -2.42. The number of hydrogen-bond acceptors (Lipinski definition) is 4. The van der Waals surface area contributed by atoms with Crippen LogP contribution in [0.3, 0.4) is 0 Å². The first-order valence-corrected chi connectivity index (χ1v) is 8.21. The van der Waals surface area contributed by atoms with Gasteiger partial charge in [0.05, 0.1) is 11.7 Å². The number of nitrogens with one attached hydrogen (secondary N) is 1. The van der Waals surface area contributed by atoms with E-state index in [4.69, 9.17) is 4.74 Å². The van der Waals surface area contributed by atoms with Crippen LogP contribution in [-0.2, 0) is 9.53 Å². The molecule has 1 aromatic rings. The van der Waals surface area contributed by atoms with Gasteiger partial charge in [0.25, 0.3) is 0 Å². The predicted molar refractivity (Wildman–Crippen MR) is 88.0 cm³/mol. The average molecular weight is 351 g/mol. The SMILES string of the molecule is CCC(=O)NCC1COC(=O)N1c1cc(F)c(C2CC=NC2)c(F)c1. The van der Waals surface area contributed by atoms with Crippen molar-refractivity contribution in [3.8, 4) is 0 Å². The first kappa shape index (κ1) is 17.3. The highest BCUT2D eigenvalue weighted by Crippen LogP contribution is 2.33. The molecule has 1 aromatic carbocycles. The highest BCUT2D eigenvalue weighted by Gasteiger charge is 2.35. The van der Waals surface area contributed by atoms with Crippen molar-refractivity contribution in [3.63, 3.8) is 0 Å². The molecule has 3 rings (SSSR count). The number of anilines is 1. The highest BCUT2D eigenvalue weighted by atomic mass is 19.1. The first-order chi connectivity index (χ1) is 12.0. The van der Waals surface area contributed by atoms with E-state index in [1.807, 2.05) is 0 Å². The lowest BCUT2D eigenvalue weighted by molar-refractivity contribution is -0.120. The molecule has 0 spiro atoms. The van der Waals surface area contributed by atoms with Gasteiger partial charge in [-0.25, -0.2) is 13.6 Å². The summed E-state index contributed by atoms with van der Waals surface area (Å²) in [6, 6.07) is 1.76. The zero-order chi connectivity index (χ0) is 18.0. The summed E-state index contributed by atoms with van der Waals surface area (Å²) in [4.78, 5) is 28.6. The highest BCUT2D eigenvalue weighted by molar-refractivity contribution is 5.90. The molecule has 1 N–H and O–H groups in total. The number of cyclic esters (lactones) is 1. The number of rotatable bonds is 5. The van der Waals surface area contributed by atoms with Gasteiger partial charge in [-0.05, 0) is 24.8 Å². The minimum absolute atomic E-state index is 0.00958. The fourth-order valence-electron chi connectivity index (χ4n) is 3.07. The van der Waals surface area contributed by atoms with E-state index in [1.165, 1.54) is 4.90 Å². The molecule has 25 heavy (non-hydrogen) atoms. The van der Waals surface area contributed by atoms with Gasteiger partial charge in [-0.1, -0.05) is 6.92 Å². The summed E-state index contributed by atoms with van der Waals surface area (Å²) in [7, 11) is 0. The van der Waals surface area contributed by atoms with Crippen molar-refractivity contribution in [1.82, 2.24) is 5.32 Å². The number of carbonyl (C=O) groups is 2. The maximum atomic E-state index is 14.5. The van der Waals surface area contributed by atoms with Crippen molar-refractivity contribution >= 4 is 23.9 Å².